The van der Waals surface area contributed by atoms with Crippen molar-refractivity contribution in [3.8, 4) is 6.07 Å². The largest absolute Gasteiger partial charge is 0.354 e. The second-order valence-corrected chi connectivity index (χ2v) is 5.37. The summed E-state index contributed by atoms with van der Waals surface area (Å²) in [5.41, 5.74) is 4.84. The number of nitriles is 1. The predicted molar refractivity (Wildman–Crippen MR) is 62.4 cm³/mol. The van der Waals surface area contributed by atoms with Gasteiger partial charge in [-0.2, -0.15) is 5.26 Å². The van der Waals surface area contributed by atoms with Crippen LogP contribution in [-0.4, -0.2) is 19.0 Å². The molecular weight excluding hydrogens is 202 g/mol. The Morgan fingerprint density at radius 1 is 1.50 bits per heavy atom. The van der Waals surface area contributed by atoms with E-state index in [1.807, 2.05) is 13.8 Å². The van der Waals surface area contributed by atoms with Crippen molar-refractivity contribution in [3.05, 3.63) is 0 Å². The highest BCUT2D eigenvalue weighted by molar-refractivity contribution is 5.83. The first-order chi connectivity index (χ1) is 7.46. The standard InChI is InChI=1S/C12H21N3O/c1-11(2,7-13)9-15-10(16)12(8-14)5-3-4-6-12/h3-6,8-9,14H2,1-2H3,(H,15,16). The molecule has 1 rings (SSSR count). The van der Waals surface area contributed by atoms with E-state index in [-0.39, 0.29) is 11.3 Å². The Hall–Kier alpha value is -1.08. The highest BCUT2D eigenvalue weighted by Gasteiger charge is 2.40. The molecule has 3 N–H and O–H groups in total. The molecule has 0 aromatic heterocycles. The summed E-state index contributed by atoms with van der Waals surface area (Å²) in [4.78, 5) is 12.1. The van der Waals surface area contributed by atoms with Gasteiger partial charge < -0.3 is 11.1 Å². The van der Waals surface area contributed by atoms with E-state index < -0.39 is 5.41 Å². The summed E-state index contributed by atoms with van der Waals surface area (Å²) in [6.45, 7) is 4.43. The zero-order valence-electron chi connectivity index (χ0n) is 10.2. The molecule has 0 heterocycles. The summed E-state index contributed by atoms with van der Waals surface area (Å²) >= 11 is 0. The normalized spacial score (nSPS) is 19.1. The van der Waals surface area contributed by atoms with Crippen molar-refractivity contribution in [3.63, 3.8) is 0 Å². The summed E-state index contributed by atoms with van der Waals surface area (Å²) in [5, 5.41) is 11.7. The van der Waals surface area contributed by atoms with Crippen LogP contribution in [0.5, 0.6) is 0 Å². The molecule has 0 aromatic carbocycles. The number of nitrogens with one attached hydrogen (secondary N) is 1. The van der Waals surface area contributed by atoms with Gasteiger partial charge in [0.05, 0.1) is 16.9 Å². The Morgan fingerprint density at radius 2 is 2.06 bits per heavy atom. The molecule has 1 saturated carbocycles. The lowest BCUT2D eigenvalue weighted by Gasteiger charge is -2.27. The summed E-state index contributed by atoms with van der Waals surface area (Å²) in [6.07, 6.45) is 3.91. The summed E-state index contributed by atoms with van der Waals surface area (Å²) in [5.74, 6) is 0.0239. The third-order valence-corrected chi connectivity index (χ3v) is 3.43. The van der Waals surface area contributed by atoms with Crippen molar-refractivity contribution in [2.45, 2.75) is 39.5 Å². The zero-order valence-corrected chi connectivity index (χ0v) is 10.2. The van der Waals surface area contributed by atoms with E-state index in [0.29, 0.717) is 13.1 Å². The number of carbonyl (C=O) groups excluding carboxylic acids is 1. The molecule has 0 aliphatic heterocycles. The predicted octanol–water partition coefficient (Wildman–Crippen LogP) is 1.17. The Kier molecular flexibility index (Phi) is 3.93. The summed E-state index contributed by atoms with van der Waals surface area (Å²) in [6, 6.07) is 2.17. The Bertz CT molecular complexity index is 298. The van der Waals surface area contributed by atoms with Crippen molar-refractivity contribution in [1.82, 2.24) is 5.32 Å². The van der Waals surface area contributed by atoms with Gasteiger partial charge in [0.25, 0.3) is 0 Å². The Morgan fingerprint density at radius 3 is 2.50 bits per heavy atom. The smallest absolute Gasteiger partial charge is 0.227 e. The SMILES string of the molecule is CC(C)(C#N)CNC(=O)C1(CN)CCCC1. The molecule has 4 heteroatoms. The Balaban J connectivity index is 2.55. The second kappa shape index (κ2) is 4.84. The van der Waals surface area contributed by atoms with Crippen LogP contribution in [0.25, 0.3) is 0 Å². The van der Waals surface area contributed by atoms with Crippen LogP contribution in [0.15, 0.2) is 0 Å². The number of nitrogens with zero attached hydrogens (tertiary/aromatic N) is 1. The molecule has 1 aliphatic rings. The molecule has 0 atom stereocenters. The van der Waals surface area contributed by atoms with Crippen LogP contribution in [0.1, 0.15) is 39.5 Å². The van der Waals surface area contributed by atoms with Gasteiger partial charge >= 0.3 is 0 Å². The lowest BCUT2D eigenvalue weighted by Crippen LogP contribution is -2.46. The maximum atomic E-state index is 12.1. The van der Waals surface area contributed by atoms with Gasteiger partial charge in [0, 0.05) is 13.1 Å². The molecule has 0 unspecified atom stereocenters. The molecule has 16 heavy (non-hydrogen) atoms. The van der Waals surface area contributed by atoms with E-state index in [9.17, 15) is 4.79 Å². The molecule has 1 amide bonds. The first-order valence-electron chi connectivity index (χ1n) is 5.85. The van der Waals surface area contributed by atoms with Crippen LogP contribution >= 0.6 is 0 Å². The molecule has 0 saturated heterocycles. The molecular formula is C12H21N3O. The highest BCUT2D eigenvalue weighted by Crippen LogP contribution is 2.37. The second-order valence-electron chi connectivity index (χ2n) is 5.37. The van der Waals surface area contributed by atoms with Gasteiger partial charge in [0.1, 0.15) is 0 Å². The average Bonchev–Trinajstić information content (AvgIpc) is 2.76. The van der Waals surface area contributed by atoms with E-state index in [2.05, 4.69) is 11.4 Å². The number of hydrogen-bond donors (Lipinski definition) is 2. The fourth-order valence-corrected chi connectivity index (χ4v) is 2.10. The fraction of sp³-hybridized carbons (Fsp3) is 0.833. The topological polar surface area (TPSA) is 78.9 Å². The third-order valence-electron chi connectivity index (χ3n) is 3.43. The third kappa shape index (κ3) is 2.73. The first-order valence-corrected chi connectivity index (χ1v) is 5.85. The van der Waals surface area contributed by atoms with Crippen LogP contribution in [0.4, 0.5) is 0 Å². The molecule has 4 nitrogen and oxygen atoms in total. The van der Waals surface area contributed by atoms with Crippen molar-refractivity contribution in [2.75, 3.05) is 13.1 Å². The van der Waals surface area contributed by atoms with Crippen LogP contribution in [0.2, 0.25) is 0 Å². The van der Waals surface area contributed by atoms with Crippen LogP contribution in [-0.2, 0) is 4.79 Å². The Labute approximate surface area is 97.2 Å². The van der Waals surface area contributed by atoms with Crippen LogP contribution in [0.3, 0.4) is 0 Å². The number of hydrogen-bond acceptors (Lipinski definition) is 3. The molecule has 1 fully saturated rings. The fourth-order valence-electron chi connectivity index (χ4n) is 2.10. The van der Waals surface area contributed by atoms with Gasteiger partial charge in [-0.3, -0.25) is 4.79 Å². The molecule has 0 radical (unpaired) electrons. The van der Waals surface area contributed by atoms with Gasteiger partial charge in [-0.1, -0.05) is 12.8 Å². The maximum absolute atomic E-state index is 12.1. The molecule has 90 valence electrons. The van der Waals surface area contributed by atoms with E-state index in [1.54, 1.807) is 0 Å². The first kappa shape index (κ1) is 13.0. The minimum absolute atomic E-state index is 0.0239. The van der Waals surface area contributed by atoms with E-state index >= 15 is 0 Å². The minimum Gasteiger partial charge on any atom is -0.354 e. The summed E-state index contributed by atoms with van der Waals surface area (Å²) in [7, 11) is 0. The number of carbonyl (C=O) groups is 1. The maximum Gasteiger partial charge on any atom is 0.227 e. The van der Waals surface area contributed by atoms with Gasteiger partial charge in [-0.25, -0.2) is 0 Å². The van der Waals surface area contributed by atoms with Gasteiger partial charge in [-0.15, -0.1) is 0 Å². The average molecular weight is 223 g/mol. The molecule has 0 aromatic rings. The quantitative estimate of drug-likeness (QED) is 0.751. The van der Waals surface area contributed by atoms with Crippen LogP contribution in [0, 0.1) is 22.2 Å². The number of amides is 1. The van der Waals surface area contributed by atoms with Gasteiger partial charge in [-0.05, 0) is 26.7 Å². The van der Waals surface area contributed by atoms with Crippen molar-refractivity contribution >= 4 is 5.91 Å². The van der Waals surface area contributed by atoms with Gasteiger partial charge in [0.15, 0.2) is 0 Å². The molecule has 0 bridgehead atoms. The van der Waals surface area contributed by atoms with Crippen LogP contribution < -0.4 is 11.1 Å². The zero-order chi connectivity index (χ0) is 12.2. The number of rotatable bonds is 4. The van der Waals surface area contributed by atoms with Crippen molar-refractivity contribution in [1.29, 1.82) is 5.26 Å². The minimum atomic E-state index is -0.510. The summed E-state index contributed by atoms with van der Waals surface area (Å²) < 4.78 is 0. The van der Waals surface area contributed by atoms with Crippen molar-refractivity contribution < 1.29 is 4.79 Å². The van der Waals surface area contributed by atoms with E-state index in [1.165, 1.54) is 0 Å². The number of nitrogens with two attached hydrogens (primary N) is 1. The van der Waals surface area contributed by atoms with Gasteiger partial charge in [0.2, 0.25) is 5.91 Å². The lowest BCUT2D eigenvalue weighted by atomic mass is 9.84. The van der Waals surface area contributed by atoms with E-state index in [4.69, 9.17) is 11.0 Å². The lowest BCUT2D eigenvalue weighted by molar-refractivity contribution is -0.130. The highest BCUT2D eigenvalue weighted by atomic mass is 16.2. The molecule has 1 aliphatic carbocycles. The van der Waals surface area contributed by atoms with E-state index in [0.717, 1.165) is 25.7 Å². The molecule has 0 spiro atoms. The van der Waals surface area contributed by atoms with Crippen molar-refractivity contribution in [2.24, 2.45) is 16.6 Å². The monoisotopic (exact) mass is 223 g/mol.